The molecule has 0 aliphatic heterocycles. The molecular formula is C17H32Cl2N2. The summed E-state index contributed by atoms with van der Waals surface area (Å²) in [6, 6.07) is 0.355. The van der Waals surface area contributed by atoms with Crippen molar-refractivity contribution in [2.24, 2.45) is 35.1 Å². The highest BCUT2D eigenvalue weighted by Gasteiger charge is 2.38. The number of hydrogen-bond donors (Lipinski definition) is 2. The topological polar surface area (TPSA) is 52.0 Å². The van der Waals surface area contributed by atoms with Crippen LogP contribution in [-0.4, -0.2) is 22.8 Å². The summed E-state index contributed by atoms with van der Waals surface area (Å²) in [5.74, 6) is 2.62. The van der Waals surface area contributed by atoms with E-state index in [1.54, 1.807) is 0 Å². The fourth-order valence-electron chi connectivity index (χ4n) is 4.64. The smallest absolute Gasteiger partial charge is 0.0492 e. The van der Waals surface area contributed by atoms with Crippen LogP contribution in [0.1, 0.15) is 58.8 Å². The lowest BCUT2D eigenvalue weighted by molar-refractivity contribution is 0.158. The summed E-state index contributed by atoms with van der Waals surface area (Å²) >= 11 is 13.0. The third kappa shape index (κ3) is 4.28. The molecule has 4 heteroatoms. The molecule has 8 unspecified atom stereocenters. The summed E-state index contributed by atoms with van der Waals surface area (Å²) < 4.78 is 0. The van der Waals surface area contributed by atoms with Gasteiger partial charge < -0.3 is 11.5 Å². The van der Waals surface area contributed by atoms with E-state index in [2.05, 4.69) is 13.8 Å². The Balaban J connectivity index is 1.92. The van der Waals surface area contributed by atoms with Crippen molar-refractivity contribution in [2.75, 3.05) is 0 Å². The third-order valence-electron chi connectivity index (χ3n) is 6.03. The minimum atomic E-state index is 0.147. The standard InChI is InChI=1S/C17H32Cl2N2/c1-3-12-6-10(8-14(18)16(12)20)5-11-7-13(4-2)17(21)15(19)9-11/h10-17H,3-9,20-21H2,1-2H3. The van der Waals surface area contributed by atoms with E-state index in [0.717, 1.165) is 37.5 Å². The molecule has 2 fully saturated rings. The molecule has 0 heterocycles. The largest absolute Gasteiger partial charge is 0.326 e. The highest BCUT2D eigenvalue weighted by molar-refractivity contribution is 6.21. The molecule has 21 heavy (non-hydrogen) atoms. The van der Waals surface area contributed by atoms with Gasteiger partial charge in [0.25, 0.3) is 0 Å². The second-order valence-electron chi connectivity index (χ2n) is 7.43. The van der Waals surface area contributed by atoms with Gasteiger partial charge in [0.05, 0.1) is 0 Å². The molecule has 0 radical (unpaired) electrons. The van der Waals surface area contributed by atoms with E-state index in [1.807, 2.05) is 0 Å². The van der Waals surface area contributed by atoms with Crippen molar-refractivity contribution in [1.82, 2.24) is 0 Å². The van der Waals surface area contributed by atoms with Crippen molar-refractivity contribution in [1.29, 1.82) is 0 Å². The average molecular weight is 335 g/mol. The first-order valence-corrected chi connectivity index (χ1v) is 9.62. The van der Waals surface area contributed by atoms with E-state index in [4.69, 9.17) is 34.7 Å². The molecule has 8 atom stereocenters. The molecule has 0 amide bonds. The summed E-state index contributed by atoms with van der Waals surface area (Å²) in [6.07, 6.45) is 8.19. The summed E-state index contributed by atoms with van der Waals surface area (Å²) in [4.78, 5) is 0. The molecule has 2 rings (SSSR count). The normalized spacial score (nSPS) is 48.3. The maximum absolute atomic E-state index is 6.49. The summed E-state index contributed by atoms with van der Waals surface area (Å²) in [6.45, 7) is 4.47. The van der Waals surface area contributed by atoms with E-state index in [9.17, 15) is 0 Å². The Labute approximate surface area is 140 Å². The fourth-order valence-corrected chi connectivity index (χ4v) is 5.55. The Bertz CT molecular complexity index is 296. The van der Waals surface area contributed by atoms with Crippen molar-refractivity contribution >= 4 is 23.2 Å². The van der Waals surface area contributed by atoms with Crippen molar-refractivity contribution in [3.8, 4) is 0 Å². The lowest BCUT2D eigenvalue weighted by atomic mass is 9.69. The third-order valence-corrected chi connectivity index (χ3v) is 6.97. The Morgan fingerprint density at radius 2 is 1.14 bits per heavy atom. The minimum Gasteiger partial charge on any atom is -0.326 e. The van der Waals surface area contributed by atoms with Crippen molar-refractivity contribution in [3.63, 3.8) is 0 Å². The van der Waals surface area contributed by atoms with Gasteiger partial charge in [0, 0.05) is 22.8 Å². The van der Waals surface area contributed by atoms with Crippen LogP contribution in [0.2, 0.25) is 0 Å². The number of nitrogens with two attached hydrogens (primary N) is 2. The van der Waals surface area contributed by atoms with Crippen LogP contribution in [0.5, 0.6) is 0 Å². The molecule has 124 valence electrons. The second-order valence-corrected chi connectivity index (χ2v) is 8.56. The number of alkyl halides is 2. The second kappa shape index (κ2) is 7.86. The lowest BCUT2D eigenvalue weighted by Gasteiger charge is -2.42. The predicted octanol–water partition coefficient (Wildman–Crippen LogP) is 4.12. The maximum Gasteiger partial charge on any atom is 0.0492 e. The first-order valence-electron chi connectivity index (χ1n) is 8.75. The number of rotatable bonds is 4. The van der Waals surface area contributed by atoms with E-state index in [-0.39, 0.29) is 22.8 Å². The van der Waals surface area contributed by atoms with Crippen LogP contribution in [0.4, 0.5) is 0 Å². The monoisotopic (exact) mass is 334 g/mol. The van der Waals surface area contributed by atoms with Crippen molar-refractivity contribution in [2.45, 2.75) is 81.6 Å². The van der Waals surface area contributed by atoms with Crippen LogP contribution in [0, 0.1) is 23.7 Å². The van der Waals surface area contributed by atoms with Gasteiger partial charge in [0.1, 0.15) is 0 Å². The first-order chi connectivity index (χ1) is 9.96. The van der Waals surface area contributed by atoms with Gasteiger partial charge in [-0.3, -0.25) is 0 Å². The SMILES string of the molecule is CCC1CC(CC2CC(Cl)C(N)C(CC)C2)CC(Cl)C1N. The number of halogens is 2. The Kier molecular flexibility index (Phi) is 6.68. The van der Waals surface area contributed by atoms with Crippen molar-refractivity contribution in [3.05, 3.63) is 0 Å². The molecule has 0 aromatic rings. The molecule has 0 aromatic carbocycles. The molecule has 4 N–H and O–H groups in total. The summed E-state index contributed by atoms with van der Waals surface area (Å²) in [5, 5.41) is 0.293. The van der Waals surface area contributed by atoms with E-state index >= 15 is 0 Å². The Morgan fingerprint density at radius 1 is 0.762 bits per heavy atom. The molecule has 0 bridgehead atoms. The predicted molar refractivity (Wildman–Crippen MR) is 92.9 cm³/mol. The lowest BCUT2D eigenvalue weighted by Crippen LogP contribution is -2.46. The molecule has 2 aliphatic rings. The molecule has 2 nitrogen and oxygen atoms in total. The maximum atomic E-state index is 6.49. The highest BCUT2D eigenvalue weighted by atomic mass is 35.5. The average Bonchev–Trinajstić information content (AvgIpc) is 2.46. The molecule has 2 saturated carbocycles. The van der Waals surface area contributed by atoms with Crippen LogP contribution in [-0.2, 0) is 0 Å². The molecule has 0 spiro atoms. The molecule has 0 saturated heterocycles. The van der Waals surface area contributed by atoms with Crippen LogP contribution < -0.4 is 11.5 Å². The summed E-state index contributed by atoms with van der Waals surface area (Å²) in [5.41, 5.74) is 12.5. The van der Waals surface area contributed by atoms with Crippen molar-refractivity contribution < 1.29 is 0 Å². The van der Waals surface area contributed by atoms with Crippen LogP contribution in [0.3, 0.4) is 0 Å². The number of hydrogen-bond acceptors (Lipinski definition) is 2. The van der Waals surface area contributed by atoms with Gasteiger partial charge in [-0.1, -0.05) is 26.7 Å². The highest BCUT2D eigenvalue weighted by Crippen LogP contribution is 2.42. The first kappa shape index (κ1) is 17.8. The van der Waals surface area contributed by atoms with E-state index in [1.165, 1.54) is 19.3 Å². The fraction of sp³-hybridized carbons (Fsp3) is 1.00. The van der Waals surface area contributed by atoms with Crippen LogP contribution in [0.25, 0.3) is 0 Å². The zero-order valence-electron chi connectivity index (χ0n) is 13.5. The van der Waals surface area contributed by atoms with Gasteiger partial charge in [0.2, 0.25) is 0 Å². The zero-order chi connectivity index (χ0) is 15.6. The van der Waals surface area contributed by atoms with Gasteiger partial charge in [-0.2, -0.15) is 0 Å². The van der Waals surface area contributed by atoms with Gasteiger partial charge in [-0.15, -0.1) is 23.2 Å². The zero-order valence-corrected chi connectivity index (χ0v) is 15.0. The molecule has 0 aromatic heterocycles. The van der Waals surface area contributed by atoms with Gasteiger partial charge in [0.15, 0.2) is 0 Å². The Hall–Kier alpha value is 0.500. The van der Waals surface area contributed by atoms with Crippen LogP contribution in [0.15, 0.2) is 0 Å². The quantitative estimate of drug-likeness (QED) is 0.760. The van der Waals surface area contributed by atoms with Crippen LogP contribution >= 0.6 is 23.2 Å². The van der Waals surface area contributed by atoms with Gasteiger partial charge in [-0.25, -0.2) is 0 Å². The van der Waals surface area contributed by atoms with E-state index < -0.39 is 0 Å². The van der Waals surface area contributed by atoms with Gasteiger partial charge >= 0.3 is 0 Å². The summed E-state index contributed by atoms with van der Waals surface area (Å²) in [7, 11) is 0. The molecular weight excluding hydrogens is 303 g/mol. The van der Waals surface area contributed by atoms with E-state index in [0.29, 0.717) is 11.8 Å². The van der Waals surface area contributed by atoms with Gasteiger partial charge in [-0.05, 0) is 55.8 Å². The minimum absolute atomic E-state index is 0.147. The Morgan fingerprint density at radius 3 is 1.48 bits per heavy atom. The molecule has 2 aliphatic carbocycles.